The number of rotatable bonds is 5. The van der Waals surface area contributed by atoms with E-state index in [1.165, 1.54) is 11.6 Å². The monoisotopic (exact) mass is 363 g/mol. The van der Waals surface area contributed by atoms with Crippen LogP contribution in [-0.2, 0) is 10.0 Å². The molecule has 0 aliphatic carbocycles. The van der Waals surface area contributed by atoms with Gasteiger partial charge in [0.05, 0.1) is 6.61 Å². The molecule has 2 aromatic heterocycles. The van der Waals surface area contributed by atoms with E-state index >= 15 is 0 Å². The largest absolute Gasteiger partial charge is 0.402 e. The maximum absolute atomic E-state index is 12.5. The Bertz CT molecular complexity index is 740. The molecule has 1 N–H and O–H groups in total. The minimum Gasteiger partial charge on any atom is -0.395 e. The zero-order valence-electron chi connectivity index (χ0n) is 10.2. The van der Waals surface area contributed by atoms with Crippen LogP contribution >= 0.6 is 22.9 Å². The second-order valence-corrected chi connectivity index (χ2v) is 7.02. The van der Waals surface area contributed by atoms with Crippen molar-refractivity contribution in [3.8, 4) is 0 Å². The van der Waals surface area contributed by atoms with E-state index < -0.39 is 46.1 Å². The van der Waals surface area contributed by atoms with Gasteiger partial charge in [-0.3, -0.25) is 4.40 Å². The number of thiazole rings is 1. The number of hydrogen-bond acceptors (Lipinski definition) is 5. The first kappa shape index (κ1) is 16.5. The third kappa shape index (κ3) is 3.31. The van der Waals surface area contributed by atoms with Gasteiger partial charge in [0.25, 0.3) is 10.0 Å². The molecule has 2 rings (SSSR count). The second kappa shape index (κ2) is 5.72. The van der Waals surface area contributed by atoms with Crippen LogP contribution in [0.5, 0.6) is 0 Å². The fraction of sp³-hybridized carbons (Fsp3) is 0.444. The van der Waals surface area contributed by atoms with E-state index in [2.05, 4.69) is 4.98 Å². The molecule has 0 fully saturated rings. The van der Waals surface area contributed by atoms with Gasteiger partial charge in [0.2, 0.25) is 0 Å². The Hall–Kier alpha value is -0.880. The predicted molar refractivity (Wildman–Crippen MR) is 70.0 cm³/mol. The first-order valence-corrected chi connectivity index (χ1v) is 8.15. The lowest BCUT2D eigenvalue weighted by atomic mass is 10.6. The number of hydrogen-bond donors (Lipinski definition) is 1. The lowest BCUT2D eigenvalue weighted by Gasteiger charge is -2.22. The van der Waals surface area contributed by atoms with Crippen LogP contribution in [0.2, 0.25) is 5.15 Å². The highest BCUT2D eigenvalue weighted by molar-refractivity contribution is 7.89. The van der Waals surface area contributed by atoms with Crippen LogP contribution in [0.1, 0.15) is 0 Å². The van der Waals surface area contributed by atoms with Crippen LogP contribution in [0.4, 0.5) is 13.2 Å². The Balaban J connectivity index is 2.52. The molecule has 6 nitrogen and oxygen atoms in total. The molecule has 118 valence electrons. The van der Waals surface area contributed by atoms with Gasteiger partial charge in [0.15, 0.2) is 15.1 Å². The SMILES string of the molecule is O=S(=O)(c1c(Cl)nc2sccn12)N(CCO)CC(F)(F)F. The number of fused-ring (bicyclic) bond motifs is 1. The first-order valence-electron chi connectivity index (χ1n) is 5.45. The highest BCUT2D eigenvalue weighted by atomic mass is 35.5. The van der Waals surface area contributed by atoms with Gasteiger partial charge in [-0.05, 0) is 0 Å². The quantitative estimate of drug-likeness (QED) is 0.875. The summed E-state index contributed by atoms with van der Waals surface area (Å²) in [7, 11) is -4.55. The van der Waals surface area contributed by atoms with Gasteiger partial charge >= 0.3 is 6.18 Å². The number of nitrogens with zero attached hydrogens (tertiary/aromatic N) is 3. The summed E-state index contributed by atoms with van der Waals surface area (Å²) < 4.78 is 63.5. The van der Waals surface area contributed by atoms with E-state index in [-0.39, 0.29) is 9.27 Å². The predicted octanol–water partition coefficient (Wildman–Crippen LogP) is 1.59. The summed E-state index contributed by atoms with van der Waals surface area (Å²) in [6.07, 6.45) is -3.40. The minimum atomic E-state index is -4.74. The Morgan fingerprint density at radius 1 is 1.48 bits per heavy atom. The molecule has 0 amide bonds. The molecule has 0 bridgehead atoms. The lowest BCUT2D eigenvalue weighted by Crippen LogP contribution is -2.41. The van der Waals surface area contributed by atoms with Crippen molar-refractivity contribution in [3.05, 3.63) is 16.7 Å². The first-order chi connectivity index (χ1) is 9.66. The summed E-state index contributed by atoms with van der Waals surface area (Å²) in [5, 5.41) is 9.38. The van der Waals surface area contributed by atoms with E-state index in [4.69, 9.17) is 16.7 Å². The molecule has 0 aliphatic rings. The molecule has 2 aromatic rings. The van der Waals surface area contributed by atoms with Crippen molar-refractivity contribution in [3.63, 3.8) is 0 Å². The number of aromatic nitrogens is 2. The Kier molecular flexibility index (Phi) is 4.49. The van der Waals surface area contributed by atoms with E-state index in [0.29, 0.717) is 0 Å². The van der Waals surface area contributed by atoms with Crippen molar-refractivity contribution < 1.29 is 26.7 Å². The summed E-state index contributed by atoms with van der Waals surface area (Å²) in [5.41, 5.74) is 0. The zero-order valence-corrected chi connectivity index (χ0v) is 12.6. The van der Waals surface area contributed by atoms with Gasteiger partial charge < -0.3 is 5.11 Å². The smallest absolute Gasteiger partial charge is 0.395 e. The molecule has 0 radical (unpaired) electrons. The van der Waals surface area contributed by atoms with E-state index in [1.807, 2.05) is 0 Å². The number of sulfonamides is 1. The van der Waals surface area contributed by atoms with Gasteiger partial charge in [-0.25, -0.2) is 13.4 Å². The number of aliphatic hydroxyl groups is 1. The highest BCUT2D eigenvalue weighted by Gasteiger charge is 2.39. The molecule has 0 unspecified atom stereocenters. The second-order valence-electron chi connectivity index (χ2n) is 3.94. The average Bonchev–Trinajstić information content (AvgIpc) is 2.85. The Labute approximate surface area is 126 Å². The van der Waals surface area contributed by atoms with Crippen LogP contribution in [0, 0.1) is 0 Å². The van der Waals surface area contributed by atoms with E-state index in [9.17, 15) is 21.6 Å². The van der Waals surface area contributed by atoms with Gasteiger partial charge in [-0.2, -0.15) is 17.5 Å². The maximum Gasteiger partial charge on any atom is 0.402 e. The number of aliphatic hydroxyl groups excluding tert-OH is 1. The standard InChI is InChI=1S/C9H9ClF3N3O3S2/c10-6-7(16-2-4-20-8(16)14-6)21(18,19)15(1-3-17)5-9(11,12)13/h2,4,17H,1,3,5H2. The van der Waals surface area contributed by atoms with Crippen molar-refractivity contribution >= 4 is 37.9 Å². The van der Waals surface area contributed by atoms with Crippen LogP contribution in [0.15, 0.2) is 16.6 Å². The van der Waals surface area contributed by atoms with Crippen molar-refractivity contribution in [2.24, 2.45) is 0 Å². The molecule has 0 saturated carbocycles. The van der Waals surface area contributed by atoms with Crippen molar-refractivity contribution in [2.45, 2.75) is 11.2 Å². The topological polar surface area (TPSA) is 74.9 Å². The molecule has 21 heavy (non-hydrogen) atoms. The molecule has 0 atom stereocenters. The fourth-order valence-corrected chi connectivity index (χ4v) is 4.51. The Morgan fingerprint density at radius 3 is 2.71 bits per heavy atom. The molecule has 0 spiro atoms. The van der Waals surface area contributed by atoms with E-state index in [0.717, 1.165) is 15.7 Å². The summed E-state index contributed by atoms with van der Waals surface area (Å²) in [6, 6.07) is 0. The third-order valence-corrected chi connectivity index (χ3v) is 5.47. The number of halogens is 4. The van der Waals surface area contributed by atoms with Gasteiger partial charge in [0, 0.05) is 18.1 Å². The number of imidazole rings is 1. The molecular formula is C9H9ClF3N3O3S2. The average molecular weight is 364 g/mol. The van der Waals surface area contributed by atoms with Gasteiger partial charge in [-0.15, -0.1) is 11.3 Å². The molecule has 0 aliphatic heterocycles. The van der Waals surface area contributed by atoms with Crippen LogP contribution < -0.4 is 0 Å². The van der Waals surface area contributed by atoms with Crippen LogP contribution in [-0.4, -0.2) is 53.1 Å². The van der Waals surface area contributed by atoms with Crippen molar-refractivity contribution in [1.29, 1.82) is 0 Å². The fourth-order valence-electron chi connectivity index (χ4n) is 1.69. The summed E-state index contributed by atoms with van der Waals surface area (Å²) >= 11 is 6.82. The lowest BCUT2D eigenvalue weighted by molar-refractivity contribution is -0.136. The Morgan fingerprint density at radius 2 is 2.14 bits per heavy atom. The van der Waals surface area contributed by atoms with Gasteiger partial charge in [-0.1, -0.05) is 11.6 Å². The minimum absolute atomic E-state index is 0.125. The molecule has 0 aromatic carbocycles. The molecule has 2 heterocycles. The molecule has 12 heteroatoms. The van der Waals surface area contributed by atoms with Crippen LogP contribution in [0.25, 0.3) is 4.96 Å². The maximum atomic E-state index is 12.5. The summed E-state index contributed by atoms with van der Waals surface area (Å²) in [4.78, 5) is 4.02. The summed E-state index contributed by atoms with van der Waals surface area (Å²) in [5.74, 6) is 0. The third-order valence-electron chi connectivity index (χ3n) is 2.47. The number of alkyl halides is 3. The summed E-state index contributed by atoms with van der Waals surface area (Å²) in [6.45, 7) is -3.17. The van der Waals surface area contributed by atoms with Crippen LogP contribution in [0.3, 0.4) is 0 Å². The normalized spacial score (nSPS) is 13.4. The zero-order chi connectivity index (χ0) is 15.8. The van der Waals surface area contributed by atoms with Crippen molar-refractivity contribution in [1.82, 2.24) is 13.7 Å². The van der Waals surface area contributed by atoms with Crippen molar-refractivity contribution in [2.75, 3.05) is 19.7 Å². The van der Waals surface area contributed by atoms with E-state index in [1.54, 1.807) is 0 Å². The molecule has 0 saturated heterocycles. The molecular weight excluding hydrogens is 355 g/mol. The highest BCUT2D eigenvalue weighted by Crippen LogP contribution is 2.29. The van der Waals surface area contributed by atoms with Gasteiger partial charge in [0.1, 0.15) is 6.54 Å².